The molecule has 0 aromatic heterocycles. The van der Waals surface area contributed by atoms with E-state index in [-0.39, 0.29) is 17.9 Å². The summed E-state index contributed by atoms with van der Waals surface area (Å²) in [5.41, 5.74) is 0.557. The Labute approximate surface area is 133 Å². The third kappa shape index (κ3) is 3.20. The van der Waals surface area contributed by atoms with Gasteiger partial charge in [-0.3, -0.25) is 9.59 Å². The van der Waals surface area contributed by atoms with E-state index in [2.05, 4.69) is 15.9 Å². The van der Waals surface area contributed by atoms with E-state index in [1.165, 1.54) is 0 Å². The lowest BCUT2D eigenvalue weighted by atomic mass is 10.1. The topological polar surface area (TPSA) is 49.9 Å². The molecule has 0 spiro atoms. The normalized spacial score (nSPS) is 17.7. The molecule has 0 aliphatic carbocycles. The van der Waals surface area contributed by atoms with E-state index in [4.69, 9.17) is 4.74 Å². The molecule has 114 valence electrons. The highest BCUT2D eigenvalue weighted by molar-refractivity contribution is 9.10. The fourth-order valence-corrected chi connectivity index (χ4v) is 3.07. The molecule has 1 heterocycles. The van der Waals surface area contributed by atoms with Gasteiger partial charge in [0.15, 0.2) is 0 Å². The maximum Gasteiger partial charge on any atom is 0.254 e. The van der Waals surface area contributed by atoms with Crippen molar-refractivity contribution in [3.8, 4) is 5.75 Å². The largest absolute Gasteiger partial charge is 0.496 e. The van der Waals surface area contributed by atoms with Gasteiger partial charge in [-0.1, -0.05) is 0 Å². The molecule has 0 saturated carbocycles. The van der Waals surface area contributed by atoms with Gasteiger partial charge in [0.05, 0.1) is 11.6 Å². The van der Waals surface area contributed by atoms with Crippen LogP contribution in [0.5, 0.6) is 5.75 Å². The van der Waals surface area contributed by atoms with E-state index >= 15 is 0 Å². The van der Waals surface area contributed by atoms with Gasteiger partial charge in [0.1, 0.15) is 11.8 Å². The lowest BCUT2D eigenvalue weighted by Gasteiger charge is -2.26. The van der Waals surface area contributed by atoms with Crippen LogP contribution in [0.2, 0.25) is 0 Å². The number of hydrogen-bond donors (Lipinski definition) is 0. The number of carbonyl (C=O) groups is 2. The highest BCUT2D eigenvalue weighted by Gasteiger charge is 2.35. The molecule has 0 bridgehead atoms. The maximum absolute atomic E-state index is 12.6. The average molecular weight is 355 g/mol. The molecule has 1 aromatic rings. The Kier molecular flexibility index (Phi) is 4.88. The molecule has 1 aromatic carbocycles. The molecule has 5 nitrogen and oxygen atoms in total. The van der Waals surface area contributed by atoms with Crippen molar-refractivity contribution in [2.75, 3.05) is 27.7 Å². The van der Waals surface area contributed by atoms with Crippen molar-refractivity contribution in [2.24, 2.45) is 0 Å². The zero-order valence-electron chi connectivity index (χ0n) is 12.4. The summed E-state index contributed by atoms with van der Waals surface area (Å²) < 4.78 is 5.89. The van der Waals surface area contributed by atoms with Gasteiger partial charge < -0.3 is 14.5 Å². The van der Waals surface area contributed by atoms with E-state index in [1.54, 1.807) is 49.2 Å². The summed E-state index contributed by atoms with van der Waals surface area (Å²) in [4.78, 5) is 28.0. The highest BCUT2D eigenvalue weighted by atomic mass is 79.9. The Bertz CT molecular complexity index is 560. The fraction of sp³-hybridized carbons (Fsp3) is 0.467. The first-order chi connectivity index (χ1) is 9.95. The molecule has 1 saturated heterocycles. The van der Waals surface area contributed by atoms with E-state index in [9.17, 15) is 9.59 Å². The van der Waals surface area contributed by atoms with Crippen LogP contribution in [0.3, 0.4) is 0 Å². The summed E-state index contributed by atoms with van der Waals surface area (Å²) in [6.45, 7) is 0.618. The van der Waals surface area contributed by atoms with Gasteiger partial charge in [-0.2, -0.15) is 0 Å². The van der Waals surface area contributed by atoms with E-state index in [0.29, 0.717) is 17.9 Å². The maximum atomic E-state index is 12.6. The van der Waals surface area contributed by atoms with Gasteiger partial charge in [-0.25, -0.2) is 0 Å². The summed E-state index contributed by atoms with van der Waals surface area (Å²) >= 11 is 3.38. The van der Waals surface area contributed by atoms with Crippen molar-refractivity contribution in [3.63, 3.8) is 0 Å². The van der Waals surface area contributed by atoms with Crippen LogP contribution in [0.15, 0.2) is 22.7 Å². The third-order valence-electron chi connectivity index (χ3n) is 3.64. The summed E-state index contributed by atoms with van der Waals surface area (Å²) in [7, 11) is 5.01. The van der Waals surface area contributed by atoms with Crippen LogP contribution in [-0.4, -0.2) is 55.4 Å². The van der Waals surface area contributed by atoms with E-state index in [1.807, 2.05) is 0 Å². The quantitative estimate of drug-likeness (QED) is 0.835. The standard InChI is InChI=1S/C15H19BrN2O3/c1-17(2)15(20)12-5-4-8-18(12)14(19)10-6-7-13(21-3)11(16)9-10/h6-7,9,12H,4-5,8H2,1-3H3. The number of likely N-dealkylation sites (tertiary alicyclic amines) is 1. The number of rotatable bonds is 3. The Balaban J connectivity index is 2.22. The first-order valence-electron chi connectivity index (χ1n) is 6.81. The number of hydrogen-bond acceptors (Lipinski definition) is 3. The van der Waals surface area contributed by atoms with Crippen molar-refractivity contribution in [2.45, 2.75) is 18.9 Å². The smallest absolute Gasteiger partial charge is 0.254 e. The van der Waals surface area contributed by atoms with Crippen LogP contribution in [0.1, 0.15) is 23.2 Å². The summed E-state index contributed by atoms with van der Waals surface area (Å²) in [5, 5.41) is 0. The molecule has 0 radical (unpaired) electrons. The summed E-state index contributed by atoms with van der Waals surface area (Å²) in [5.74, 6) is 0.540. The minimum Gasteiger partial charge on any atom is -0.496 e. The summed E-state index contributed by atoms with van der Waals surface area (Å²) in [6, 6.07) is 4.85. The van der Waals surface area contributed by atoms with E-state index < -0.39 is 0 Å². The number of likely N-dealkylation sites (N-methyl/N-ethyl adjacent to an activating group) is 1. The van der Waals surface area contributed by atoms with Crippen LogP contribution in [-0.2, 0) is 4.79 Å². The minimum atomic E-state index is -0.353. The molecule has 1 atom stereocenters. The molecule has 2 amide bonds. The lowest BCUT2D eigenvalue weighted by molar-refractivity contribution is -0.132. The van der Waals surface area contributed by atoms with Crippen LogP contribution in [0, 0.1) is 0 Å². The van der Waals surface area contributed by atoms with Crippen molar-refractivity contribution >= 4 is 27.7 Å². The Morgan fingerprint density at radius 3 is 2.67 bits per heavy atom. The Morgan fingerprint density at radius 2 is 2.10 bits per heavy atom. The summed E-state index contributed by atoms with van der Waals surface area (Å²) in [6.07, 6.45) is 1.58. The van der Waals surface area contributed by atoms with Gasteiger partial charge >= 0.3 is 0 Å². The number of halogens is 1. The number of methoxy groups -OCH3 is 1. The Morgan fingerprint density at radius 1 is 1.38 bits per heavy atom. The first-order valence-corrected chi connectivity index (χ1v) is 7.60. The molecule has 1 aliphatic heterocycles. The van der Waals surface area contributed by atoms with Gasteiger partial charge in [-0.15, -0.1) is 0 Å². The molecular weight excluding hydrogens is 336 g/mol. The highest BCUT2D eigenvalue weighted by Crippen LogP contribution is 2.28. The van der Waals surface area contributed by atoms with Gasteiger partial charge in [0.25, 0.3) is 5.91 Å². The molecule has 1 unspecified atom stereocenters. The number of ether oxygens (including phenoxy) is 1. The van der Waals surface area contributed by atoms with Crippen molar-refractivity contribution in [3.05, 3.63) is 28.2 Å². The molecule has 21 heavy (non-hydrogen) atoms. The lowest BCUT2D eigenvalue weighted by Crippen LogP contribution is -2.45. The number of nitrogens with zero attached hydrogens (tertiary/aromatic N) is 2. The molecule has 0 N–H and O–H groups in total. The fourth-order valence-electron chi connectivity index (χ4n) is 2.53. The SMILES string of the molecule is COc1ccc(C(=O)N2CCCC2C(=O)N(C)C)cc1Br. The van der Waals surface area contributed by atoms with Crippen LogP contribution >= 0.6 is 15.9 Å². The van der Waals surface area contributed by atoms with Gasteiger partial charge in [0.2, 0.25) is 5.91 Å². The monoisotopic (exact) mass is 354 g/mol. The molecular formula is C15H19BrN2O3. The van der Waals surface area contributed by atoms with Crippen molar-refractivity contribution in [1.29, 1.82) is 0 Å². The van der Waals surface area contributed by atoms with Crippen molar-refractivity contribution < 1.29 is 14.3 Å². The first kappa shape index (κ1) is 15.8. The second kappa shape index (κ2) is 6.47. The molecule has 2 rings (SSSR count). The third-order valence-corrected chi connectivity index (χ3v) is 4.26. The zero-order chi connectivity index (χ0) is 15.6. The second-order valence-electron chi connectivity index (χ2n) is 5.24. The number of carbonyl (C=O) groups excluding carboxylic acids is 2. The number of amides is 2. The molecule has 6 heteroatoms. The second-order valence-corrected chi connectivity index (χ2v) is 6.09. The molecule has 1 fully saturated rings. The molecule has 1 aliphatic rings. The van der Waals surface area contributed by atoms with E-state index in [0.717, 1.165) is 17.3 Å². The average Bonchev–Trinajstić information content (AvgIpc) is 2.94. The van der Waals surface area contributed by atoms with Crippen molar-refractivity contribution in [1.82, 2.24) is 9.80 Å². The van der Waals surface area contributed by atoms with Crippen LogP contribution < -0.4 is 4.74 Å². The zero-order valence-corrected chi connectivity index (χ0v) is 14.0. The minimum absolute atomic E-state index is 0.0200. The van der Waals surface area contributed by atoms with Gasteiger partial charge in [-0.05, 0) is 47.0 Å². The Hall–Kier alpha value is -1.56. The van der Waals surface area contributed by atoms with Gasteiger partial charge in [0, 0.05) is 26.2 Å². The predicted octanol–water partition coefficient (Wildman–Crippen LogP) is 2.15. The van der Waals surface area contributed by atoms with Crippen LogP contribution in [0.25, 0.3) is 0 Å². The predicted molar refractivity (Wildman–Crippen MR) is 83.4 cm³/mol. The number of benzene rings is 1. The van der Waals surface area contributed by atoms with Crippen LogP contribution in [0.4, 0.5) is 0 Å².